The maximum atomic E-state index is 4.48. The van der Waals surface area contributed by atoms with Crippen LogP contribution in [0.3, 0.4) is 0 Å². The fourth-order valence-electron chi connectivity index (χ4n) is 1.51. The van der Waals surface area contributed by atoms with Crippen LogP contribution in [0.5, 0.6) is 0 Å². The summed E-state index contributed by atoms with van der Waals surface area (Å²) in [5.74, 6) is 0. The number of aromatic nitrogens is 2. The molecule has 13 heavy (non-hydrogen) atoms. The van der Waals surface area contributed by atoms with Crippen molar-refractivity contribution < 1.29 is 0 Å². The second-order valence-corrected chi connectivity index (χ2v) is 17.9. The second kappa shape index (κ2) is 3.01. The number of rotatable bonds is 1. The molecule has 2 aromatic rings. The van der Waals surface area contributed by atoms with E-state index in [9.17, 15) is 0 Å². The van der Waals surface area contributed by atoms with Crippen molar-refractivity contribution in [3.8, 4) is 0 Å². The van der Waals surface area contributed by atoms with E-state index >= 15 is 0 Å². The van der Waals surface area contributed by atoms with Crippen molar-refractivity contribution in [2.45, 2.75) is 14.8 Å². The van der Waals surface area contributed by atoms with Gasteiger partial charge in [-0.2, -0.15) is 0 Å². The normalized spacial score (nSPS) is 12.2. The standard InChI is InChI=1S/C7H5N2.3CH3.Sn/c1-2-4-7-6(3-1)5-8-9-7;;;;/h1-5H;3*1H3;/q-1;;;;+1. The Balaban J connectivity index is 2.72. The van der Waals surface area contributed by atoms with Gasteiger partial charge in [0.05, 0.1) is 0 Å². The molecule has 68 valence electrons. The summed E-state index contributed by atoms with van der Waals surface area (Å²) in [6.45, 7) is 0. The van der Waals surface area contributed by atoms with E-state index in [1.54, 1.807) is 0 Å². The average molecular weight is 281 g/mol. The minimum absolute atomic E-state index is 1.26. The van der Waals surface area contributed by atoms with E-state index in [4.69, 9.17) is 0 Å². The first kappa shape index (κ1) is 9.06. The summed E-state index contributed by atoms with van der Waals surface area (Å²) >= 11 is -2.06. The quantitative estimate of drug-likeness (QED) is 0.735. The first-order valence-electron chi connectivity index (χ1n) is 4.52. The van der Waals surface area contributed by atoms with E-state index in [0.29, 0.717) is 0 Å². The topological polar surface area (TPSA) is 17.8 Å². The van der Waals surface area contributed by atoms with Crippen molar-refractivity contribution in [2.24, 2.45) is 0 Å². The molecule has 0 radical (unpaired) electrons. The molecule has 2 rings (SSSR count). The van der Waals surface area contributed by atoms with Gasteiger partial charge in [-0.3, -0.25) is 0 Å². The number of hydrogen-bond donors (Lipinski definition) is 0. The SMILES string of the molecule is [CH3][Sn]([CH3])([CH3])[n]1ncc2ccccc21. The molecule has 1 aromatic carbocycles. The van der Waals surface area contributed by atoms with Gasteiger partial charge in [-0.15, -0.1) is 0 Å². The molecule has 1 aromatic heterocycles. The molecule has 0 bridgehead atoms. The third-order valence-corrected chi connectivity index (χ3v) is 6.76. The van der Waals surface area contributed by atoms with Gasteiger partial charge >= 0.3 is 82.8 Å². The Bertz CT molecular complexity index is 426. The van der Waals surface area contributed by atoms with Crippen LogP contribution >= 0.6 is 0 Å². The zero-order chi connectivity index (χ0) is 9.47. The van der Waals surface area contributed by atoms with E-state index in [-0.39, 0.29) is 0 Å². The summed E-state index contributed by atoms with van der Waals surface area (Å²) in [5, 5.41) is 5.74. The van der Waals surface area contributed by atoms with Crippen LogP contribution in [-0.2, 0) is 0 Å². The molecule has 0 aliphatic heterocycles. The third kappa shape index (κ3) is 1.59. The number of hydrogen-bond acceptors (Lipinski definition) is 1. The van der Waals surface area contributed by atoms with Crippen LogP contribution in [0.4, 0.5) is 0 Å². The number of fused-ring (bicyclic) bond motifs is 1. The molecular formula is C10H14N2Sn. The maximum absolute atomic E-state index is 4.48. The Labute approximate surface area is 82.8 Å². The first-order valence-corrected chi connectivity index (χ1v) is 14.4. The molecular weight excluding hydrogens is 267 g/mol. The van der Waals surface area contributed by atoms with Gasteiger partial charge in [0, 0.05) is 0 Å². The Hall–Kier alpha value is -0.511. The van der Waals surface area contributed by atoms with Crippen LogP contribution in [0.15, 0.2) is 30.5 Å². The molecule has 2 nitrogen and oxygen atoms in total. The number of nitrogens with zero attached hydrogens (tertiary/aromatic N) is 2. The zero-order valence-electron chi connectivity index (χ0n) is 8.28. The van der Waals surface area contributed by atoms with E-state index in [0.717, 1.165) is 0 Å². The van der Waals surface area contributed by atoms with E-state index in [1.165, 1.54) is 10.9 Å². The van der Waals surface area contributed by atoms with Crippen LogP contribution < -0.4 is 0 Å². The number of para-hydroxylation sites is 1. The molecule has 0 spiro atoms. The van der Waals surface area contributed by atoms with Gasteiger partial charge in [0.1, 0.15) is 0 Å². The molecule has 0 saturated heterocycles. The van der Waals surface area contributed by atoms with Gasteiger partial charge in [-0.1, -0.05) is 0 Å². The summed E-state index contributed by atoms with van der Waals surface area (Å²) in [6.07, 6.45) is 1.97. The predicted octanol–water partition coefficient (Wildman–Crippen LogP) is 2.72. The molecule has 0 unspecified atom stereocenters. The molecule has 0 fully saturated rings. The molecule has 0 aliphatic rings. The number of benzene rings is 1. The Morgan fingerprint density at radius 2 is 1.85 bits per heavy atom. The van der Waals surface area contributed by atoms with Crippen molar-refractivity contribution >= 4 is 29.6 Å². The van der Waals surface area contributed by atoms with Gasteiger partial charge in [-0.05, 0) is 0 Å². The third-order valence-electron chi connectivity index (χ3n) is 2.11. The van der Waals surface area contributed by atoms with Crippen molar-refractivity contribution in [2.75, 3.05) is 0 Å². The van der Waals surface area contributed by atoms with E-state index < -0.39 is 18.7 Å². The van der Waals surface area contributed by atoms with E-state index in [1.807, 2.05) is 6.20 Å². The summed E-state index contributed by atoms with van der Waals surface area (Å²) < 4.78 is 2.27. The molecule has 0 saturated carbocycles. The molecule has 1 heterocycles. The average Bonchev–Trinajstić information content (AvgIpc) is 2.45. The van der Waals surface area contributed by atoms with Crippen LogP contribution in [0.25, 0.3) is 10.9 Å². The van der Waals surface area contributed by atoms with E-state index in [2.05, 4.69) is 47.1 Å². The molecule has 0 atom stereocenters. The van der Waals surface area contributed by atoms with Gasteiger partial charge in [0.25, 0.3) is 0 Å². The molecule has 3 heteroatoms. The molecule has 0 aliphatic carbocycles. The second-order valence-electron chi connectivity index (χ2n) is 4.29. The van der Waals surface area contributed by atoms with Crippen molar-refractivity contribution in [3.63, 3.8) is 0 Å². The van der Waals surface area contributed by atoms with Crippen molar-refractivity contribution in [1.82, 2.24) is 8.00 Å². The molecule has 0 N–H and O–H groups in total. The van der Waals surface area contributed by atoms with Crippen LogP contribution in [-0.4, -0.2) is 26.7 Å². The summed E-state index contributed by atoms with van der Waals surface area (Å²) in [7, 11) is 0. The summed E-state index contributed by atoms with van der Waals surface area (Å²) in [5.41, 5.74) is 1.30. The van der Waals surface area contributed by atoms with Crippen LogP contribution in [0.1, 0.15) is 0 Å². The predicted molar refractivity (Wildman–Crippen MR) is 58.5 cm³/mol. The van der Waals surface area contributed by atoms with Gasteiger partial charge in [-0.25, -0.2) is 0 Å². The van der Waals surface area contributed by atoms with Gasteiger partial charge < -0.3 is 0 Å². The zero-order valence-corrected chi connectivity index (χ0v) is 11.1. The van der Waals surface area contributed by atoms with Gasteiger partial charge in [0.15, 0.2) is 0 Å². The van der Waals surface area contributed by atoms with Crippen molar-refractivity contribution in [3.05, 3.63) is 30.5 Å². The Kier molecular flexibility index (Phi) is 2.10. The monoisotopic (exact) mass is 282 g/mol. The molecule has 0 amide bonds. The van der Waals surface area contributed by atoms with Crippen LogP contribution in [0, 0.1) is 0 Å². The fourth-order valence-corrected chi connectivity index (χ4v) is 5.30. The summed E-state index contributed by atoms with van der Waals surface area (Å²) in [6, 6.07) is 8.42. The Morgan fingerprint density at radius 3 is 2.54 bits per heavy atom. The first-order chi connectivity index (χ1) is 6.09. The Morgan fingerprint density at radius 1 is 1.15 bits per heavy atom. The van der Waals surface area contributed by atoms with Crippen molar-refractivity contribution in [1.29, 1.82) is 0 Å². The summed E-state index contributed by atoms with van der Waals surface area (Å²) in [4.78, 5) is 7.11. The fraction of sp³-hybridized carbons (Fsp3) is 0.300. The van der Waals surface area contributed by atoms with Gasteiger partial charge in [0.2, 0.25) is 0 Å². The minimum atomic E-state index is -2.06. The van der Waals surface area contributed by atoms with Crippen LogP contribution in [0.2, 0.25) is 14.8 Å².